The molecule has 0 aromatic rings. The Balaban J connectivity index is 4.06. The number of amides is 1. The average molecular weight is 246 g/mol. The second kappa shape index (κ2) is 5.85. The van der Waals surface area contributed by atoms with Crippen molar-refractivity contribution >= 4 is 15.7 Å². The molecule has 0 aliphatic carbocycles. The van der Waals surface area contributed by atoms with Gasteiger partial charge in [0.1, 0.15) is 15.3 Å². The monoisotopic (exact) mass is 246 g/mol. The lowest BCUT2D eigenvalue weighted by atomic mass is 9.88. The van der Waals surface area contributed by atoms with Crippen LogP contribution in [0.25, 0.3) is 0 Å². The van der Waals surface area contributed by atoms with Gasteiger partial charge in [0.2, 0.25) is 5.91 Å². The van der Waals surface area contributed by atoms with Crippen LogP contribution in [0, 0.1) is 16.7 Å². The molecule has 0 rings (SSSR count). The minimum atomic E-state index is -2.98. The Morgan fingerprint density at radius 3 is 2.44 bits per heavy atom. The van der Waals surface area contributed by atoms with Gasteiger partial charge in [-0.05, 0) is 19.8 Å². The highest BCUT2D eigenvalue weighted by Crippen LogP contribution is 2.19. The highest BCUT2D eigenvalue weighted by atomic mass is 32.2. The molecular weight excluding hydrogens is 228 g/mol. The third kappa shape index (κ3) is 5.12. The zero-order valence-corrected chi connectivity index (χ0v) is 10.7. The first-order chi connectivity index (χ1) is 7.25. The van der Waals surface area contributed by atoms with Crippen molar-refractivity contribution in [3.63, 3.8) is 0 Å². The van der Waals surface area contributed by atoms with Crippen molar-refractivity contribution < 1.29 is 13.2 Å². The van der Waals surface area contributed by atoms with Crippen molar-refractivity contribution in [2.75, 3.05) is 18.6 Å². The van der Waals surface area contributed by atoms with Crippen LogP contribution in [0.1, 0.15) is 26.7 Å². The second-order valence-electron chi connectivity index (χ2n) is 4.04. The van der Waals surface area contributed by atoms with E-state index >= 15 is 0 Å². The van der Waals surface area contributed by atoms with Crippen molar-refractivity contribution in [3.8, 4) is 6.07 Å². The molecule has 0 aromatic carbocycles. The van der Waals surface area contributed by atoms with Gasteiger partial charge in [-0.15, -0.1) is 0 Å². The first-order valence-electron chi connectivity index (χ1n) is 5.12. The van der Waals surface area contributed by atoms with Gasteiger partial charge in [-0.2, -0.15) is 5.26 Å². The summed E-state index contributed by atoms with van der Waals surface area (Å²) < 4.78 is 21.6. The highest BCUT2D eigenvalue weighted by molar-refractivity contribution is 7.90. The fourth-order valence-corrected chi connectivity index (χ4v) is 1.69. The lowest BCUT2D eigenvalue weighted by molar-refractivity contribution is -0.127. The van der Waals surface area contributed by atoms with Gasteiger partial charge < -0.3 is 5.32 Å². The number of rotatable bonds is 6. The Morgan fingerprint density at radius 2 is 2.06 bits per heavy atom. The number of hydrogen-bond acceptors (Lipinski definition) is 4. The summed E-state index contributed by atoms with van der Waals surface area (Å²) in [4.78, 5) is 11.6. The van der Waals surface area contributed by atoms with Crippen molar-refractivity contribution in [3.05, 3.63) is 0 Å². The molecule has 0 saturated carbocycles. The smallest absolute Gasteiger partial charge is 0.240 e. The first kappa shape index (κ1) is 14.9. The summed E-state index contributed by atoms with van der Waals surface area (Å²) in [6.45, 7) is 3.61. The number of hydrogen-bond donors (Lipinski definition) is 1. The van der Waals surface area contributed by atoms with E-state index in [2.05, 4.69) is 5.32 Å². The number of nitrogens with one attached hydrogen (secondary N) is 1. The molecule has 0 saturated heterocycles. The Hall–Kier alpha value is -1.09. The van der Waals surface area contributed by atoms with E-state index < -0.39 is 15.3 Å². The summed E-state index contributed by atoms with van der Waals surface area (Å²) in [5.41, 5.74) is -1.02. The molecule has 0 spiro atoms. The van der Waals surface area contributed by atoms with E-state index in [1.165, 1.54) is 0 Å². The molecule has 92 valence electrons. The molecule has 5 nitrogen and oxygen atoms in total. The Bertz CT molecular complexity index is 383. The van der Waals surface area contributed by atoms with E-state index in [0.717, 1.165) is 6.26 Å². The molecule has 0 fully saturated rings. The molecule has 1 N–H and O–H groups in total. The second-order valence-corrected chi connectivity index (χ2v) is 6.30. The largest absolute Gasteiger partial charge is 0.355 e. The Kier molecular flexibility index (Phi) is 5.45. The quantitative estimate of drug-likeness (QED) is 0.690. The van der Waals surface area contributed by atoms with Crippen molar-refractivity contribution in [2.45, 2.75) is 26.7 Å². The summed E-state index contributed by atoms with van der Waals surface area (Å²) >= 11 is 0. The molecule has 0 aliphatic rings. The number of carbonyl (C=O) groups is 1. The molecule has 0 bridgehead atoms. The standard InChI is InChI=1S/C10H18N2O3S/c1-4-10(2,8-11)9(13)12-6-5-7-16(3,14)15/h4-7H2,1-3H3,(H,12,13). The number of nitrogens with zero attached hydrogens (tertiary/aromatic N) is 1. The fraction of sp³-hybridized carbons (Fsp3) is 0.800. The summed E-state index contributed by atoms with van der Waals surface area (Å²) in [7, 11) is -2.98. The van der Waals surface area contributed by atoms with Gasteiger partial charge in [-0.1, -0.05) is 6.92 Å². The van der Waals surface area contributed by atoms with Crippen LogP contribution in [0.5, 0.6) is 0 Å². The molecule has 1 unspecified atom stereocenters. The van der Waals surface area contributed by atoms with E-state index in [4.69, 9.17) is 5.26 Å². The van der Waals surface area contributed by atoms with E-state index in [-0.39, 0.29) is 18.2 Å². The maximum atomic E-state index is 11.6. The van der Waals surface area contributed by atoms with Crippen LogP contribution in [-0.2, 0) is 14.6 Å². The summed E-state index contributed by atoms with van der Waals surface area (Å²) in [5.74, 6) is -0.297. The predicted molar refractivity (Wildman–Crippen MR) is 61.3 cm³/mol. The normalized spacial score (nSPS) is 14.9. The summed E-state index contributed by atoms with van der Waals surface area (Å²) in [6, 6.07) is 1.95. The molecule has 0 aliphatic heterocycles. The minimum absolute atomic E-state index is 0.0443. The third-order valence-corrected chi connectivity index (χ3v) is 3.46. The lowest BCUT2D eigenvalue weighted by Crippen LogP contribution is -2.38. The number of sulfone groups is 1. The van der Waals surface area contributed by atoms with Crippen LogP contribution >= 0.6 is 0 Å². The molecule has 6 heteroatoms. The lowest BCUT2D eigenvalue weighted by Gasteiger charge is -2.18. The minimum Gasteiger partial charge on any atom is -0.355 e. The SMILES string of the molecule is CCC(C)(C#N)C(=O)NCCCS(C)(=O)=O. The molecule has 16 heavy (non-hydrogen) atoms. The number of carbonyl (C=O) groups excluding carboxylic acids is 1. The maximum Gasteiger partial charge on any atom is 0.240 e. The van der Waals surface area contributed by atoms with E-state index in [9.17, 15) is 13.2 Å². The van der Waals surface area contributed by atoms with Gasteiger partial charge in [0.05, 0.1) is 11.8 Å². The van der Waals surface area contributed by atoms with Gasteiger partial charge in [-0.25, -0.2) is 8.42 Å². The van der Waals surface area contributed by atoms with Gasteiger partial charge >= 0.3 is 0 Å². The van der Waals surface area contributed by atoms with Crippen molar-refractivity contribution in [1.82, 2.24) is 5.32 Å². The first-order valence-corrected chi connectivity index (χ1v) is 7.18. The maximum absolute atomic E-state index is 11.6. The van der Waals surface area contributed by atoms with E-state index in [0.29, 0.717) is 12.8 Å². The predicted octanol–water partition coefficient (Wildman–Crippen LogP) is 0.477. The van der Waals surface area contributed by atoms with Gasteiger partial charge in [0.25, 0.3) is 0 Å². The van der Waals surface area contributed by atoms with Gasteiger partial charge in [0.15, 0.2) is 0 Å². The van der Waals surface area contributed by atoms with Crippen LogP contribution < -0.4 is 5.32 Å². The van der Waals surface area contributed by atoms with Gasteiger partial charge in [-0.3, -0.25) is 4.79 Å². The highest BCUT2D eigenvalue weighted by Gasteiger charge is 2.30. The van der Waals surface area contributed by atoms with Crippen LogP contribution in [0.15, 0.2) is 0 Å². The molecule has 0 heterocycles. The molecule has 1 atom stereocenters. The van der Waals surface area contributed by atoms with E-state index in [1.807, 2.05) is 6.07 Å². The summed E-state index contributed by atoms with van der Waals surface area (Å²) in [6.07, 6.45) is 1.96. The van der Waals surface area contributed by atoms with Crippen molar-refractivity contribution in [1.29, 1.82) is 5.26 Å². The zero-order valence-electron chi connectivity index (χ0n) is 9.91. The average Bonchev–Trinajstić information content (AvgIpc) is 2.21. The summed E-state index contributed by atoms with van der Waals surface area (Å²) in [5, 5.41) is 11.4. The van der Waals surface area contributed by atoms with Crippen LogP contribution in [-0.4, -0.2) is 32.9 Å². The number of nitriles is 1. The Labute approximate surface area is 96.8 Å². The Morgan fingerprint density at radius 1 is 1.50 bits per heavy atom. The molecule has 0 aromatic heterocycles. The molecule has 0 radical (unpaired) electrons. The van der Waals surface area contributed by atoms with E-state index in [1.54, 1.807) is 13.8 Å². The fourth-order valence-electron chi connectivity index (χ4n) is 1.02. The van der Waals surface area contributed by atoms with Gasteiger partial charge in [0, 0.05) is 12.8 Å². The molecule has 1 amide bonds. The third-order valence-electron chi connectivity index (χ3n) is 2.43. The van der Waals surface area contributed by atoms with Crippen molar-refractivity contribution in [2.24, 2.45) is 5.41 Å². The molecular formula is C10H18N2O3S. The van der Waals surface area contributed by atoms with Crippen LogP contribution in [0.4, 0.5) is 0 Å². The zero-order chi connectivity index (χ0) is 12.8. The van der Waals surface area contributed by atoms with Crippen LogP contribution in [0.2, 0.25) is 0 Å². The van der Waals surface area contributed by atoms with Crippen LogP contribution in [0.3, 0.4) is 0 Å². The topological polar surface area (TPSA) is 87.0 Å².